The van der Waals surface area contributed by atoms with Crippen molar-refractivity contribution < 1.29 is 4.79 Å². The van der Waals surface area contributed by atoms with Gasteiger partial charge >= 0.3 is 0 Å². The minimum absolute atomic E-state index is 0.0799. The fourth-order valence-corrected chi connectivity index (χ4v) is 3.51. The fraction of sp³-hybridized carbons (Fsp3) is 0.471. The Morgan fingerprint density at radius 2 is 1.86 bits per heavy atom. The van der Waals surface area contributed by atoms with Crippen molar-refractivity contribution in [3.63, 3.8) is 0 Å². The van der Waals surface area contributed by atoms with Crippen molar-refractivity contribution in [2.45, 2.75) is 43.8 Å². The molecule has 2 aliphatic rings. The predicted octanol–water partition coefficient (Wildman–Crippen LogP) is 3.09. The van der Waals surface area contributed by atoms with Crippen LogP contribution in [0.4, 0.5) is 0 Å². The van der Waals surface area contributed by atoms with Gasteiger partial charge < -0.3 is 10.2 Å². The molecule has 2 heterocycles. The minimum atomic E-state index is 0.0799. The number of carbonyl (C=O) groups excluding carboxylic acids is 1. The van der Waals surface area contributed by atoms with Gasteiger partial charge in [0, 0.05) is 36.3 Å². The van der Waals surface area contributed by atoms with Gasteiger partial charge in [-0.1, -0.05) is 23.7 Å². The molecule has 1 N–H and O–H groups in total. The molecule has 2 atom stereocenters. The highest BCUT2D eigenvalue weighted by Crippen LogP contribution is 2.29. The summed E-state index contributed by atoms with van der Waals surface area (Å²) >= 11 is 5.85. The number of hydrogen-bond acceptors (Lipinski definition) is 2. The second-order valence-electron chi connectivity index (χ2n) is 6.10. The summed E-state index contributed by atoms with van der Waals surface area (Å²) in [6.45, 7) is 0. The van der Waals surface area contributed by atoms with Crippen LogP contribution in [0.25, 0.3) is 6.08 Å². The first-order valence-electron chi connectivity index (χ1n) is 7.58. The Morgan fingerprint density at radius 3 is 2.48 bits per heavy atom. The molecular formula is C17H21ClN2O. The van der Waals surface area contributed by atoms with E-state index in [9.17, 15) is 4.79 Å². The average molecular weight is 305 g/mol. The molecule has 2 aliphatic heterocycles. The number of benzene rings is 1. The molecule has 2 unspecified atom stereocenters. The number of fused-ring (bicyclic) bond motifs is 2. The molecule has 21 heavy (non-hydrogen) atoms. The summed E-state index contributed by atoms with van der Waals surface area (Å²) in [4.78, 5) is 14.2. The Labute approximate surface area is 131 Å². The van der Waals surface area contributed by atoms with Crippen LogP contribution in [0.1, 0.15) is 31.2 Å². The van der Waals surface area contributed by atoms with E-state index in [0.717, 1.165) is 18.4 Å². The maximum absolute atomic E-state index is 12.3. The van der Waals surface area contributed by atoms with Gasteiger partial charge in [0.05, 0.1) is 0 Å². The van der Waals surface area contributed by atoms with Crippen LogP contribution in [0.15, 0.2) is 30.3 Å². The Bertz CT molecular complexity index is 528. The fourth-order valence-electron chi connectivity index (χ4n) is 3.38. The van der Waals surface area contributed by atoms with E-state index in [0.29, 0.717) is 23.1 Å². The van der Waals surface area contributed by atoms with Gasteiger partial charge in [0.1, 0.15) is 0 Å². The SMILES string of the molecule is CN(C(=O)/C=C/c1ccc(Cl)cc1)C1CC2CCC(C1)N2. The Kier molecular flexibility index (Phi) is 4.32. The van der Waals surface area contributed by atoms with Crippen LogP contribution in [-0.2, 0) is 4.79 Å². The third kappa shape index (κ3) is 3.47. The summed E-state index contributed by atoms with van der Waals surface area (Å²) in [5.74, 6) is 0.0799. The zero-order chi connectivity index (χ0) is 14.8. The zero-order valence-electron chi connectivity index (χ0n) is 12.3. The summed E-state index contributed by atoms with van der Waals surface area (Å²) in [7, 11) is 1.92. The zero-order valence-corrected chi connectivity index (χ0v) is 13.0. The topological polar surface area (TPSA) is 32.3 Å². The maximum Gasteiger partial charge on any atom is 0.246 e. The number of amides is 1. The average Bonchev–Trinajstić information content (AvgIpc) is 2.84. The number of nitrogens with one attached hydrogen (secondary N) is 1. The quantitative estimate of drug-likeness (QED) is 0.870. The molecule has 1 amide bonds. The molecule has 1 aromatic rings. The molecule has 0 saturated carbocycles. The minimum Gasteiger partial charge on any atom is -0.339 e. The van der Waals surface area contributed by atoms with E-state index in [2.05, 4.69) is 5.32 Å². The van der Waals surface area contributed by atoms with Crippen LogP contribution in [0.5, 0.6) is 0 Å². The first kappa shape index (κ1) is 14.6. The van der Waals surface area contributed by atoms with Crippen molar-refractivity contribution in [1.29, 1.82) is 0 Å². The van der Waals surface area contributed by atoms with Crippen LogP contribution in [0.3, 0.4) is 0 Å². The third-order valence-electron chi connectivity index (χ3n) is 4.63. The van der Waals surface area contributed by atoms with Crippen LogP contribution >= 0.6 is 11.6 Å². The first-order valence-corrected chi connectivity index (χ1v) is 7.96. The van der Waals surface area contributed by atoms with Gasteiger partial charge in [0.2, 0.25) is 5.91 Å². The van der Waals surface area contributed by atoms with Gasteiger partial charge in [-0.2, -0.15) is 0 Å². The van der Waals surface area contributed by atoms with Gasteiger partial charge in [0.25, 0.3) is 0 Å². The molecule has 3 rings (SSSR count). The number of hydrogen-bond donors (Lipinski definition) is 1. The van der Waals surface area contributed by atoms with Crippen LogP contribution < -0.4 is 5.32 Å². The number of nitrogens with zero attached hydrogens (tertiary/aromatic N) is 1. The second-order valence-corrected chi connectivity index (χ2v) is 6.53. The summed E-state index contributed by atoms with van der Waals surface area (Å²) in [5.41, 5.74) is 0.992. The second kappa shape index (κ2) is 6.20. The molecule has 3 nitrogen and oxygen atoms in total. The maximum atomic E-state index is 12.3. The van der Waals surface area contributed by atoms with Crippen molar-refractivity contribution in [3.8, 4) is 0 Å². The number of carbonyl (C=O) groups is 1. The first-order chi connectivity index (χ1) is 10.1. The smallest absolute Gasteiger partial charge is 0.246 e. The van der Waals surface area contributed by atoms with Gasteiger partial charge in [-0.05, 0) is 49.5 Å². The monoisotopic (exact) mass is 304 g/mol. The lowest BCUT2D eigenvalue weighted by Gasteiger charge is -2.35. The largest absolute Gasteiger partial charge is 0.339 e. The predicted molar refractivity (Wildman–Crippen MR) is 86.2 cm³/mol. The lowest BCUT2D eigenvalue weighted by Crippen LogP contribution is -2.48. The lowest BCUT2D eigenvalue weighted by molar-refractivity contribution is -0.127. The van der Waals surface area contributed by atoms with Crippen molar-refractivity contribution in [2.24, 2.45) is 0 Å². The van der Waals surface area contributed by atoms with E-state index >= 15 is 0 Å². The standard InChI is InChI=1S/C17H21ClN2O/c1-20(16-10-14-7-8-15(11-16)19-14)17(21)9-4-12-2-5-13(18)6-3-12/h2-6,9,14-16,19H,7-8,10-11H2,1H3/b9-4+. The molecule has 4 heteroatoms. The highest BCUT2D eigenvalue weighted by Gasteiger charge is 2.35. The van der Waals surface area contributed by atoms with E-state index in [1.54, 1.807) is 6.08 Å². The van der Waals surface area contributed by atoms with E-state index in [1.807, 2.05) is 42.3 Å². The normalized spacial score (nSPS) is 28.0. The Morgan fingerprint density at radius 1 is 1.24 bits per heavy atom. The Hall–Kier alpha value is -1.32. The highest BCUT2D eigenvalue weighted by atomic mass is 35.5. The van der Waals surface area contributed by atoms with Gasteiger partial charge in [-0.25, -0.2) is 0 Å². The molecule has 112 valence electrons. The molecule has 0 aliphatic carbocycles. The van der Waals surface area contributed by atoms with E-state index < -0.39 is 0 Å². The number of halogens is 1. The van der Waals surface area contributed by atoms with Gasteiger partial charge in [-0.15, -0.1) is 0 Å². The van der Waals surface area contributed by atoms with Crippen molar-refractivity contribution >= 4 is 23.6 Å². The van der Waals surface area contributed by atoms with Crippen LogP contribution in [0, 0.1) is 0 Å². The lowest BCUT2D eigenvalue weighted by atomic mass is 9.98. The van der Waals surface area contributed by atoms with E-state index in [1.165, 1.54) is 12.8 Å². The number of piperidine rings is 1. The summed E-state index contributed by atoms with van der Waals surface area (Å²) in [5, 5.41) is 4.32. The number of rotatable bonds is 3. The molecule has 2 fully saturated rings. The van der Waals surface area contributed by atoms with Crippen molar-refractivity contribution in [2.75, 3.05) is 7.05 Å². The molecule has 0 spiro atoms. The summed E-state index contributed by atoms with van der Waals surface area (Å²) < 4.78 is 0. The summed E-state index contributed by atoms with van der Waals surface area (Å²) in [6, 6.07) is 9.06. The number of likely N-dealkylation sites (N-methyl/N-ethyl adjacent to an activating group) is 1. The highest BCUT2D eigenvalue weighted by molar-refractivity contribution is 6.30. The van der Waals surface area contributed by atoms with E-state index in [-0.39, 0.29) is 5.91 Å². The molecule has 2 bridgehead atoms. The van der Waals surface area contributed by atoms with Crippen LogP contribution in [-0.4, -0.2) is 36.0 Å². The molecular weight excluding hydrogens is 284 g/mol. The summed E-state index contributed by atoms with van der Waals surface area (Å²) in [6.07, 6.45) is 8.17. The van der Waals surface area contributed by atoms with Crippen LogP contribution in [0.2, 0.25) is 5.02 Å². The van der Waals surface area contributed by atoms with E-state index in [4.69, 9.17) is 11.6 Å². The Balaban J connectivity index is 1.60. The molecule has 2 saturated heterocycles. The molecule has 0 radical (unpaired) electrons. The van der Waals surface area contributed by atoms with Gasteiger partial charge in [-0.3, -0.25) is 4.79 Å². The third-order valence-corrected chi connectivity index (χ3v) is 4.88. The van der Waals surface area contributed by atoms with Crippen molar-refractivity contribution in [1.82, 2.24) is 10.2 Å². The van der Waals surface area contributed by atoms with Crippen molar-refractivity contribution in [3.05, 3.63) is 40.9 Å². The molecule has 1 aromatic carbocycles. The van der Waals surface area contributed by atoms with Gasteiger partial charge in [0.15, 0.2) is 0 Å². The molecule has 0 aromatic heterocycles.